The molecule has 27 heavy (non-hydrogen) atoms. The van der Waals surface area contributed by atoms with Crippen LogP contribution in [0, 0.1) is 5.92 Å². The molecule has 0 bridgehead atoms. The van der Waals surface area contributed by atoms with E-state index >= 15 is 0 Å². The van der Waals surface area contributed by atoms with E-state index in [2.05, 4.69) is 0 Å². The van der Waals surface area contributed by atoms with Crippen LogP contribution in [-0.2, 0) is 9.59 Å². The first-order chi connectivity index (χ1) is 12.9. The van der Waals surface area contributed by atoms with Gasteiger partial charge in [-0.05, 0) is 38.5 Å². The number of carboxylic acids is 2. The summed E-state index contributed by atoms with van der Waals surface area (Å²) in [6, 6.07) is 0. The van der Waals surface area contributed by atoms with Gasteiger partial charge >= 0.3 is 11.9 Å². The molecular weight excluding hydrogens is 348 g/mol. The highest BCUT2D eigenvalue weighted by molar-refractivity contribution is 5.69. The molecule has 6 heteroatoms. The molecule has 0 heterocycles. The second-order valence-corrected chi connectivity index (χ2v) is 6.30. The van der Waals surface area contributed by atoms with E-state index in [9.17, 15) is 19.8 Å². The molecular formula is C21H32O6. The maximum Gasteiger partial charge on any atom is 0.306 e. The van der Waals surface area contributed by atoms with E-state index in [0.29, 0.717) is 38.5 Å². The van der Waals surface area contributed by atoms with E-state index in [1.54, 1.807) is 36.5 Å². The highest BCUT2D eigenvalue weighted by Crippen LogP contribution is 2.11. The van der Waals surface area contributed by atoms with Crippen LogP contribution in [0.2, 0.25) is 0 Å². The van der Waals surface area contributed by atoms with Gasteiger partial charge in [-0.3, -0.25) is 9.59 Å². The van der Waals surface area contributed by atoms with Crippen molar-refractivity contribution in [1.82, 2.24) is 0 Å². The lowest BCUT2D eigenvalue weighted by atomic mass is 10.0. The first kappa shape index (κ1) is 24.8. The van der Waals surface area contributed by atoms with Crippen molar-refractivity contribution in [2.45, 2.75) is 64.1 Å². The van der Waals surface area contributed by atoms with Crippen molar-refractivity contribution >= 4 is 11.9 Å². The topological polar surface area (TPSA) is 115 Å². The lowest BCUT2D eigenvalue weighted by Crippen LogP contribution is -2.11. The Morgan fingerprint density at radius 1 is 0.889 bits per heavy atom. The zero-order chi connectivity index (χ0) is 20.5. The van der Waals surface area contributed by atoms with Gasteiger partial charge in [0, 0.05) is 6.42 Å². The Labute approximate surface area is 161 Å². The molecule has 6 nitrogen and oxygen atoms in total. The lowest BCUT2D eigenvalue weighted by molar-refractivity contribution is -0.142. The molecule has 0 aliphatic heterocycles. The van der Waals surface area contributed by atoms with E-state index in [1.165, 1.54) is 0 Å². The molecule has 1 unspecified atom stereocenters. The summed E-state index contributed by atoms with van der Waals surface area (Å²) in [5, 5.41) is 36.9. The predicted molar refractivity (Wildman–Crippen MR) is 105 cm³/mol. The molecule has 4 N–H and O–H groups in total. The van der Waals surface area contributed by atoms with Crippen LogP contribution < -0.4 is 0 Å². The standard InChI is InChI=1S/C21H32O6/c1-2-17(21(26)27)11-6-5-9-14-18(22)12-7-3-4-8-13-19(23)15-10-16-20(24)25/h3-5,7-9,12-13,17-19,22-23H,2,6,10-11,14-16H2,1H3,(H,24,25)(H,26,27)/b4-3+,9-5-,12-7+,13-8-/t17?,18-,19+/m0/s1. The number of carbonyl (C=O) groups is 2. The van der Waals surface area contributed by atoms with Crippen molar-refractivity contribution in [3.63, 3.8) is 0 Å². The van der Waals surface area contributed by atoms with Crippen molar-refractivity contribution in [3.8, 4) is 0 Å². The first-order valence-corrected chi connectivity index (χ1v) is 9.34. The van der Waals surface area contributed by atoms with Gasteiger partial charge in [-0.1, -0.05) is 55.5 Å². The van der Waals surface area contributed by atoms with E-state index in [1.807, 2.05) is 19.1 Å². The van der Waals surface area contributed by atoms with Crippen LogP contribution in [-0.4, -0.2) is 44.6 Å². The monoisotopic (exact) mass is 380 g/mol. The van der Waals surface area contributed by atoms with Crippen LogP contribution in [0.5, 0.6) is 0 Å². The van der Waals surface area contributed by atoms with Crippen LogP contribution in [0.25, 0.3) is 0 Å². The Hall–Kier alpha value is -2.18. The number of aliphatic hydroxyl groups excluding tert-OH is 2. The number of carboxylic acid groups (broad SMARTS) is 2. The van der Waals surface area contributed by atoms with Crippen LogP contribution in [0.3, 0.4) is 0 Å². The first-order valence-electron chi connectivity index (χ1n) is 9.34. The summed E-state index contributed by atoms with van der Waals surface area (Å²) in [6.45, 7) is 1.86. The quantitative estimate of drug-likeness (QED) is 0.255. The van der Waals surface area contributed by atoms with Gasteiger partial charge in [-0.2, -0.15) is 0 Å². The average Bonchev–Trinajstić information content (AvgIpc) is 2.60. The fourth-order valence-electron chi connectivity index (χ4n) is 2.30. The van der Waals surface area contributed by atoms with Crippen molar-refractivity contribution < 1.29 is 30.0 Å². The van der Waals surface area contributed by atoms with E-state index in [4.69, 9.17) is 10.2 Å². The van der Waals surface area contributed by atoms with Gasteiger partial charge in [0.2, 0.25) is 0 Å². The van der Waals surface area contributed by atoms with Crippen molar-refractivity contribution in [2.75, 3.05) is 0 Å². The molecule has 0 amide bonds. The largest absolute Gasteiger partial charge is 0.481 e. The van der Waals surface area contributed by atoms with Crippen LogP contribution in [0.4, 0.5) is 0 Å². The van der Waals surface area contributed by atoms with E-state index < -0.39 is 24.1 Å². The molecule has 0 aromatic rings. The zero-order valence-electron chi connectivity index (χ0n) is 15.9. The van der Waals surface area contributed by atoms with Crippen LogP contribution in [0.15, 0.2) is 48.6 Å². The summed E-state index contributed by atoms with van der Waals surface area (Å²) in [5.74, 6) is -1.94. The summed E-state index contributed by atoms with van der Waals surface area (Å²) in [4.78, 5) is 21.3. The third-order valence-corrected chi connectivity index (χ3v) is 3.96. The second-order valence-electron chi connectivity index (χ2n) is 6.30. The molecule has 0 aliphatic carbocycles. The Morgan fingerprint density at radius 2 is 1.52 bits per heavy atom. The summed E-state index contributed by atoms with van der Waals surface area (Å²) >= 11 is 0. The van der Waals surface area contributed by atoms with E-state index in [0.717, 1.165) is 0 Å². The predicted octanol–water partition coefficient (Wildman–Crippen LogP) is 3.47. The minimum absolute atomic E-state index is 0.0502. The van der Waals surface area contributed by atoms with Gasteiger partial charge in [-0.25, -0.2) is 0 Å². The number of hydrogen-bond donors (Lipinski definition) is 4. The van der Waals surface area contributed by atoms with Gasteiger partial charge in [0.25, 0.3) is 0 Å². The average molecular weight is 380 g/mol. The molecule has 0 radical (unpaired) electrons. The molecule has 152 valence electrons. The van der Waals surface area contributed by atoms with Gasteiger partial charge in [0.05, 0.1) is 18.1 Å². The Bertz CT molecular complexity index is 533. The normalized spacial score (nSPS) is 15.8. The molecule has 0 saturated carbocycles. The highest BCUT2D eigenvalue weighted by Gasteiger charge is 2.12. The summed E-state index contributed by atoms with van der Waals surface area (Å²) in [7, 11) is 0. The Morgan fingerprint density at radius 3 is 2.07 bits per heavy atom. The smallest absolute Gasteiger partial charge is 0.306 e. The SMILES string of the molecule is CCC(CC/C=C\C[C@@H](O)/C=C/C=C/C=C\[C@@H](O)CCCC(=O)O)C(=O)O. The fraction of sp³-hybridized carbons (Fsp3) is 0.524. The number of rotatable bonds is 15. The maximum atomic E-state index is 10.9. The highest BCUT2D eigenvalue weighted by atomic mass is 16.4. The van der Waals surface area contributed by atoms with Crippen LogP contribution in [0.1, 0.15) is 51.9 Å². The van der Waals surface area contributed by atoms with Gasteiger partial charge < -0.3 is 20.4 Å². The molecule has 0 aliphatic rings. The molecule has 0 aromatic heterocycles. The molecule has 0 spiro atoms. The zero-order valence-corrected chi connectivity index (χ0v) is 15.9. The van der Waals surface area contributed by atoms with Crippen molar-refractivity contribution in [2.24, 2.45) is 5.92 Å². The number of hydrogen-bond acceptors (Lipinski definition) is 4. The van der Waals surface area contributed by atoms with Crippen LogP contribution >= 0.6 is 0 Å². The molecule has 0 saturated heterocycles. The third-order valence-electron chi connectivity index (χ3n) is 3.96. The van der Waals surface area contributed by atoms with Gasteiger partial charge in [0.15, 0.2) is 0 Å². The lowest BCUT2D eigenvalue weighted by Gasteiger charge is -2.06. The second kappa shape index (κ2) is 16.0. The summed E-state index contributed by atoms with van der Waals surface area (Å²) in [5.41, 5.74) is 0. The number of aliphatic carboxylic acids is 2. The molecule has 0 fully saturated rings. The van der Waals surface area contributed by atoms with Gasteiger partial charge in [0.1, 0.15) is 0 Å². The molecule has 3 atom stereocenters. The third kappa shape index (κ3) is 15.8. The minimum atomic E-state index is -0.866. The fourth-order valence-corrected chi connectivity index (χ4v) is 2.30. The van der Waals surface area contributed by atoms with Crippen molar-refractivity contribution in [3.05, 3.63) is 48.6 Å². The molecule has 0 rings (SSSR count). The number of allylic oxidation sites excluding steroid dienone is 5. The van der Waals surface area contributed by atoms with Gasteiger partial charge in [-0.15, -0.1) is 0 Å². The molecule has 0 aromatic carbocycles. The van der Waals surface area contributed by atoms with E-state index in [-0.39, 0.29) is 12.3 Å². The summed E-state index contributed by atoms with van der Waals surface area (Å²) in [6.07, 6.45) is 15.8. The summed E-state index contributed by atoms with van der Waals surface area (Å²) < 4.78 is 0. The maximum absolute atomic E-state index is 10.9. The minimum Gasteiger partial charge on any atom is -0.481 e. The van der Waals surface area contributed by atoms with Crippen molar-refractivity contribution in [1.29, 1.82) is 0 Å². The number of aliphatic hydroxyl groups is 2. The Kier molecular flexibility index (Phi) is 14.7. The Balaban J connectivity index is 3.95.